The first-order valence-corrected chi connectivity index (χ1v) is 17.5. The summed E-state index contributed by atoms with van der Waals surface area (Å²) in [6, 6.07) is 0. The van der Waals surface area contributed by atoms with Gasteiger partial charge < -0.3 is 9.84 Å². The van der Waals surface area contributed by atoms with Gasteiger partial charge in [0.1, 0.15) is 0 Å². The maximum absolute atomic E-state index is 9.60. The van der Waals surface area contributed by atoms with Crippen molar-refractivity contribution in [3.63, 3.8) is 0 Å². The molecule has 0 saturated carbocycles. The number of rotatable bonds is 31. The second kappa shape index (κ2) is 37.2. The fourth-order valence-electron chi connectivity index (χ4n) is 4.90. The molecule has 0 rings (SSSR count). The van der Waals surface area contributed by atoms with Gasteiger partial charge in [0.2, 0.25) is 0 Å². The molecule has 0 spiro atoms. The van der Waals surface area contributed by atoms with E-state index in [9.17, 15) is 4.79 Å². The highest BCUT2D eigenvalue weighted by atomic mass is 16.5. The number of unbranched alkanes of at least 4 members (excludes halogenated alkanes) is 26. The minimum absolute atomic E-state index is 0.176. The van der Waals surface area contributed by atoms with E-state index < -0.39 is 5.97 Å². The molecule has 0 bridgehead atoms. The van der Waals surface area contributed by atoms with E-state index in [-0.39, 0.29) is 5.57 Å². The van der Waals surface area contributed by atoms with Gasteiger partial charge in [-0.2, -0.15) is 0 Å². The molecule has 0 unspecified atom stereocenters. The zero-order chi connectivity index (χ0) is 29.1. The van der Waals surface area contributed by atoms with E-state index >= 15 is 0 Å². The first kappa shape index (κ1) is 40.3. The van der Waals surface area contributed by atoms with Crippen LogP contribution in [0.5, 0.6) is 0 Å². The molecule has 234 valence electrons. The fraction of sp³-hybridized carbons (Fsp3) is 0.917. The van der Waals surface area contributed by atoms with Crippen LogP contribution in [0, 0.1) is 0 Å². The van der Waals surface area contributed by atoms with Gasteiger partial charge in [-0.3, -0.25) is 0 Å². The smallest absolute Gasteiger partial charge is 0.330 e. The molecule has 0 fully saturated rings. The van der Waals surface area contributed by atoms with Gasteiger partial charge in [0.25, 0.3) is 0 Å². The molecule has 0 heterocycles. The summed E-state index contributed by atoms with van der Waals surface area (Å²) >= 11 is 0. The third-order valence-electron chi connectivity index (χ3n) is 7.65. The van der Waals surface area contributed by atoms with Crippen molar-refractivity contribution in [2.24, 2.45) is 0 Å². The van der Waals surface area contributed by atoms with Gasteiger partial charge in [0, 0.05) is 18.8 Å². The SMILES string of the molecule is C=C(C)C(=O)O.CCCCCCCCCCCCCCCCOCCCCCCCCCCCCCCCC. The third-order valence-corrected chi connectivity index (χ3v) is 7.65. The second-order valence-electron chi connectivity index (χ2n) is 11.9. The van der Waals surface area contributed by atoms with Gasteiger partial charge in [0.15, 0.2) is 0 Å². The summed E-state index contributed by atoms with van der Waals surface area (Å²) in [5, 5.41) is 7.89. The van der Waals surface area contributed by atoms with Gasteiger partial charge in [-0.1, -0.05) is 187 Å². The van der Waals surface area contributed by atoms with Crippen molar-refractivity contribution in [3.8, 4) is 0 Å². The Bertz CT molecular complexity index is 432. The number of ether oxygens (including phenoxy) is 1. The molecule has 3 heteroatoms. The van der Waals surface area contributed by atoms with Crippen molar-refractivity contribution in [1.82, 2.24) is 0 Å². The normalized spacial score (nSPS) is 10.8. The lowest BCUT2D eigenvalue weighted by molar-refractivity contribution is -0.132. The molecule has 39 heavy (non-hydrogen) atoms. The van der Waals surface area contributed by atoms with Crippen LogP contribution in [-0.2, 0) is 9.53 Å². The first-order valence-electron chi connectivity index (χ1n) is 17.5. The Morgan fingerprint density at radius 2 is 0.641 bits per heavy atom. The zero-order valence-corrected chi connectivity index (χ0v) is 27.2. The molecule has 0 aromatic rings. The summed E-state index contributed by atoms with van der Waals surface area (Å²) in [5.74, 6) is -0.935. The van der Waals surface area contributed by atoms with Crippen LogP contribution >= 0.6 is 0 Å². The molecule has 0 aromatic heterocycles. The van der Waals surface area contributed by atoms with E-state index in [0.717, 1.165) is 13.2 Å². The average molecular weight is 553 g/mol. The highest BCUT2D eigenvalue weighted by Gasteiger charge is 1.96. The molecule has 0 atom stereocenters. The first-order chi connectivity index (χ1) is 19.1. The van der Waals surface area contributed by atoms with Crippen molar-refractivity contribution in [2.75, 3.05) is 13.2 Å². The summed E-state index contributed by atoms with van der Waals surface area (Å²) in [6.45, 7) is 11.2. The topological polar surface area (TPSA) is 46.5 Å². The molecule has 0 aliphatic carbocycles. The van der Waals surface area contributed by atoms with Crippen LogP contribution in [0.25, 0.3) is 0 Å². The van der Waals surface area contributed by atoms with Gasteiger partial charge in [-0.25, -0.2) is 4.79 Å². The van der Waals surface area contributed by atoms with Gasteiger partial charge in [-0.15, -0.1) is 0 Å². The molecular formula is C36H72O3. The number of hydrogen-bond donors (Lipinski definition) is 1. The lowest BCUT2D eigenvalue weighted by Crippen LogP contribution is -1.97. The van der Waals surface area contributed by atoms with E-state index in [2.05, 4.69) is 20.4 Å². The van der Waals surface area contributed by atoms with Crippen LogP contribution < -0.4 is 0 Å². The molecule has 0 aliphatic rings. The average Bonchev–Trinajstić information content (AvgIpc) is 2.92. The monoisotopic (exact) mass is 553 g/mol. The summed E-state index contributed by atoms with van der Waals surface area (Å²) in [7, 11) is 0. The van der Waals surface area contributed by atoms with Crippen molar-refractivity contribution in [1.29, 1.82) is 0 Å². The molecule has 0 saturated heterocycles. The molecule has 0 aliphatic heterocycles. The molecule has 1 N–H and O–H groups in total. The predicted molar refractivity (Wildman–Crippen MR) is 174 cm³/mol. The zero-order valence-electron chi connectivity index (χ0n) is 27.2. The van der Waals surface area contributed by atoms with Crippen LogP contribution in [0.15, 0.2) is 12.2 Å². The van der Waals surface area contributed by atoms with Crippen molar-refractivity contribution >= 4 is 5.97 Å². The maximum Gasteiger partial charge on any atom is 0.330 e. The minimum Gasteiger partial charge on any atom is -0.478 e. The van der Waals surface area contributed by atoms with Crippen LogP contribution in [0.2, 0.25) is 0 Å². The van der Waals surface area contributed by atoms with Crippen LogP contribution in [0.3, 0.4) is 0 Å². The van der Waals surface area contributed by atoms with Crippen LogP contribution in [-0.4, -0.2) is 24.3 Å². The molecule has 0 amide bonds. The summed E-state index contributed by atoms with van der Waals surface area (Å²) in [6.07, 6.45) is 40.1. The fourth-order valence-corrected chi connectivity index (χ4v) is 4.90. The number of carboxylic acids is 1. The van der Waals surface area contributed by atoms with Crippen molar-refractivity contribution < 1.29 is 14.6 Å². The highest BCUT2D eigenvalue weighted by molar-refractivity contribution is 5.84. The van der Waals surface area contributed by atoms with Gasteiger partial charge >= 0.3 is 5.97 Å². The molecule has 3 nitrogen and oxygen atoms in total. The Balaban J connectivity index is 0. The van der Waals surface area contributed by atoms with Gasteiger partial charge in [-0.05, 0) is 19.8 Å². The highest BCUT2D eigenvalue weighted by Crippen LogP contribution is 2.14. The van der Waals surface area contributed by atoms with Crippen molar-refractivity contribution in [2.45, 2.75) is 201 Å². The Labute approximate surface area is 246 Å². The summed E-state index contributed by atoms with van der Waals surface area (Å²) < 4.78 is 5.85. The Kier molecular flexibility index (Phi) is 38.4. The summed E-state index contributed by atoms with van der Waals surface area (Å²) in [5.41, 5.74) is 0.176. The number of carboxylic acid groups (broad SMARTS) is 1. The lowest BCUT2D eigenvalue weighted by atomic mass is 10.0. The molecular weight excluding hydrogens is 480 g/mol. The Morgan fingerprint density at radius 3 is 0.821 bits per heavy atom. The van der Waals surface area contributed by atoms with E-state index in [0.29, 0.717) is 0 Å². The lowest BCUT2D eigenvalue weighted by Gasteiger charge is -2.05. The van der Waals surface area contributed by atoms with Crippen LogP contribution in [0.4, 0.5) is 0 Å². The number of carbonyl (C=O) groups is 1. The molecule has 0 radical (unpaired) electrons. The minimum atomic E-state index is -0.935. The summed E-state index contributed by atoms with van der Waals surface area (Å²) in [4.78, 5) is 9.60. The molecule has 0 aromatic carbocycles. The van der Waals surface area contributed by atoms with Gasteiger partial charge in [0.05, 0.1) is 0 Å². The maximum atomic E-state index is 9.60. The Morgan fingerprint density at radius 1 is 0.462 bits per heavy atom. The third kappa shape index (κ3) is 41.8. The van der Waals surface area contributed by atoms with E-state index in [1.54, 1.807) is 0 Å². The Hall–Kier alpha value is -0.830. The van der Waals surface area contributed by atoms with E-state index in [1.165, 1.54) is 187 Å². The van der Waals surface area contributed by atoms with E-state index in [1.807, 2.05) is 0 Å². The standard InChI is InChI=1S/C32H66O.C4H6O2/c1-3-5-7-9-11-13-15-17-19-21-23-25-27-29-31-33-32-30-28-26-24-22-20-18-16-14-12-10-8-6-4-2;1-3(2)4(5)6/h3-32H2,1-2H3;1H2,2H3,(H,5,6). The predicted octanol–water partition coefficient (Wildman–Crippen LogP) is 12.6. The van der Waals surface area contributed by atoms with E-state index in [4.69, 9.17) is 9.84 Å². The number of hydrogen-bond acceptors (Lipinski definition) is 2. The van der Waals surface area contributed by atoms with Crippen molar-refractivity contribution in [3.05, 3.63) is 12.2 Å². The van der Waals surface area contributed by atoms with Crippen LogP contribution in [0.1, 0.15) is 201 Å². The number of aliphatic carboxylic acids is 1. The quantitative estimate of drug-likeness (QED) is 0.0687. The second-order valence-corrected chi connectivity index (χ2v) is 11.9. The largest absolute Gasteiger partial charge is 0.478 e.